The van der Waals surface area contributed by atoms with Crippen LogP contribution in [0, 0.1) is 5.92 Å². The van der Waals surface area contributed by atoms with Crippen molar-refractivity contribution in [2.75, 3.05) is 39.5 Å². The van der Waals surface area contributed by atoms with Crippen LogP contribution in [-0.2, 0) is 14.3 Å². The first-order valence-corrected chi connectivity index (χ1v) is 7.03. The van der Waals surface area contributed by atoms with Crippen molar-refractivity contribution in [3.63, 3.8) is 0 Å². The van der Waals surface area contributed by atoms with Gasteiger partial charge in [0.25, 0.3) is 0 Å². The summed E-state index contributed by atoms with van der Waals surface area (Å²) in [5.41, 5.74) is -0.901. The maximum atomic E-state index is 12.1. The third kappa shape index (κ3) is 3.89. The molecule has 2 aliphatic heterocycles. The van der Waals surface area contributed by atoms with Crippen LogP contribution >= 0.6 is 0 Å². The fraction of sp³-hybridized carbons (Fsp3) is 0.923. The number of rotatable bonds is 6. The number of hydrogen-bond donors (Lipinski definition) is 3. The third-order valence-electron chi connectivity index (χ3n) is 3.75. The highest BCUT2D eigenvalue weighted by Gasteiger charge is 2.36. The van der Waals surface area contributed by atoms with Crippen molar-refractivity contribution in [3.05, 3.63) is 0 Å². The molecule has 0 bridgehead atoms. The Balaban J connectivity index is 1.78. The summed E-state index contributed by atoms with van der Waals surface area (Å²) in [6.07, 6.45) is 1.61. The predicted molar refractivity (Wildman–Crippen MR) is 69.8 cm³/mol. The first kappa shape index (κ1) is 14.7. The normalized spacial score (nSPS) is 34.6. The Bertz CT molecular complexity index is 305. The van der Waals surface area contributed by atoms with E-state index in [0.29, 0.717) is 32.8 Å². The van der Waals surface area contributed by atoms with Gasteiger partial charge in [-0.25, -0.2) is 0 Å². The van der Waals surface area contributed by atoms with Gasteiger partial charge in [0.15, 0.2) is 0 Å². The minimum atomic E-state index is -0.901. The SMILES string of the molecule is CCCNC1COCC1C(=O)NCC1(O)CCOC1. The van der Waals surface area contributed by atoms with Crippen molar-refractivity contribution < 1.29 is 19.4 Å². The van der Waals surface area contributed by atoms with E-state index in [1.807, 2.05) is 0 Å². The van der Waals surface area contributed by atoms with E-state index in [1.165, 1.54) is 0 Å². The molecule has 2 heterocycles. The lowest BCUT2D eigenvalue weighted by molar-refractivity contribution is -0.126. The molecular formula is C13H24N2O4. The zero-order chi connectivity index (χ0) is 13.7. The van der Waals surface area contributed by atoms with Crippen molar-refractivity contribution in [2.24, 2.45) is 5.92 Å². The van der Waals surface area contributed by atoms with Gasteiger partial charge in [0.2, 0.25) is 5.91 Å². The lowest BCUT2D eigenvalue weighted by Gasteiger charge is -2.23. The number of nitrogens with one attached hydrogen (secondary N) is 2. The van der Waals surface area contributed by atoms with E-state index in [2.05, 4.69) is 17.6 Å². The van der Waals surface area contributed by atoms with E-state index in [9.17, 15) is 9.90 Å². The summed E-state index contributed by atoms with van der Waals surface area (Å²) in [7, 11) is 0. The molecule has 3 N–H and O–H groups in total. The fourth-order valence-corrected chi connectivity index (χ4v) is 2.46. The summed E-state index contributed by atoms with van der Waals surface area (Å²) < 4.78 is 10.5. The fourth-order valence-electron chi connectivity index (χ4n) is 2.46. The molecule has 1 amide bonds. The van der Waals surface area contributed by atoms with E-state index >= 15 is 0 Å². The summed E-state index contributed by atoms with van der Waals surface area (Å²) in [4.78, 5) is 12.1. The van der Waals surface area contributed by atoms with E-state index in [4.69, 9.17) is 9.47 Å². The van der Waals surface area contributed by atoms with Gasteiger partial charge in [-0.1, -0.05) is 6.92 Å². The quantitative estimate of drug-likeness (QED) is 0.594. The van der Waals surface area contributed by atoms with Crippen LogP contribution in [0.25, 0.3) is 0 Å². The van der Waals surface area contributed by atoms with Crippen molar-refractivity contribution in [1.29, 1.82) is 0 Å². The minimum absolute atomic E-state index is 0.0496. The van der Waals surface area contributed by atoms with Crippen molar-refractivity contribution >= 4 is 5.91 Å². The maximum absolute atomic E-state index is 12.1. The number of carbonyl (C=O) groups is 1. The van der Waals surface area contributed by atoms with Gasteiger partial charge < -0.3 is 25.2 Å². The standard InChI is InChI=1S/C13H24N2O4/c1-2-4-14-11-7-19-6-10(11)12(16)15-8-13(17)3-5-18-9-13/h10-11,14,17H,2-9H2,1H3,(H,15,16). The minimum Gasteiger partial charge on any atom is -0.386 e. The molecule has 6 nitrogen and oxygen atoms in total. The molecule has 2 aliphatic rings. The average Bonchev–Trinajstić information content (AvgIpc) is 3.03. The first-order valence-electron chi connectivity index (χ1n) is 7.03. The summed E-state index contributed by atoms with van der Waals surface area (Å²) in [5.74, 6) is -0.219. The molecule has 0 aromatic heterocycles. The highest BCUT2D eigenvalue weighted by atomic mass is 16.5. The molecule has 110 valence electrons. The summed E-state index contributed by atoms with van der Waals surface area (Å²) >= 11 is 0. The van der Waals surface area contributed by atoms with Gasteiger partial charge in [0, 0.05) is 25.6 Å². The molecule has 2 fully saturated rings. The summed E-state index contributed by atoms with van der Waals surface area (Å²) in [6.45, 7) is 5.10. The van der Waals surface area contributed by atoms with Gasteiger partial charge in [-0.3, -0.25) is 4.79 Å². The molecule has 0 radical (unpaired) electrons. The van der Waals surface area contributed by atoms with Crippen LogP contribution in [0.5, 0.6) is 0 Å². The zero-order valence-corrected chi connectivity index (χ0v) is 11.5. The highest BCUT2D eigenvalue weighted by Crippen LogP contribution is 2.18. The Labute approximate surface area is 113 Å². The van der Waals surface area contributed by atoms with Gasteiger partial charge in [-0.2, -0.15) is 0 Å². The molecule has 3 atom stereocenters. The highest BCUT2D eigenvalue weighted by molar-refractivity contribution is 5.80. The summed E-state index contributed by atoms with van der Waals surface area (Å²) in [6, 6.07) is 0.0782. The average molecular weight is 272 g/mol. The molecular weight excluding hydrogens is 248 g/mol. The molecule has 0 saturated carbocycles. The first-order chi connectivity index (χ1) is 9.14. The second-order valence-electron chi connectivity index (χ2n) is 5.45. The van der Waals surface area contributed by atoms with Gasteiger partial charge in [-0.15, -0.1) is 0 Å². The van der Waals surface area contributed by atoms with Crippen LogP contribution in [0.1, 0.15) is 19.8 Å². The molecule has 19 heavy (non-hydrogen) atoms. The number of aliphatic hydroxyl groups is 1. The Kier molecular flexibility index (Phi) is 5.15. The third-order valence-corrected chi connectivity index (χ3v) is 3.75. The van der Waals surface area contributed by atoms with E-state index < -0.39 is 5.60 Å². The molecule has 0 aliphatic carbocycles. The molecule has 3 unspecified atom stereocenters. The number of hydrogen-bond acceptors (Lipinski definition) is 5. The van der Waals surface area contributed by atoms with Gasteiger partial charge in [-0.05, 0) is 13.0 Å². The van der Waals surface area contributed by atoms with E-state index in [0.717, 1.165) is 13.0 Å². The van der Waals surface area contributed by atoms with E-state index in [-0.39, 0.29) is 24.4 Å². The van der Waals surface area contributed by atoms with E-state index in [1.54, 1.807) is 0 Å². The second kappa shape index (κ2) is 6.65. The van der Waals surface area contributed by atoms with Gasteiger partial charge in [0.1, 0.15) is 5.60 Å². The maximum Gasteiger partial charge on any atom is 0.227 e. The van der Waals surface area contributed by atoms with Crippen LogP contribution in [0.15, 0.2) is 0 Å². The van der Waals surface area contributed by atoms with Crippen LogP contribution < -0.4 is 10.6 Å². The van der Waals surface area contributed by atoms with Crippen molar-refractivity contribution in [2.45, 2.75) is 31.4 Å². The largest absolute Gasteiger partial charge is 0.386 e. The van der Waals surface area contributed by atoms with Gasteiger partial charge in [0.05, 0.1) is 25.7 Å². The Morgan fingerprint density at radius 3 is 2.95 bits per heavy atom. The van der Waals surface area contributed by atoms with Crippen molar-refractivity contribution in [3.8, 4) is 0 Å². The monoisotopic (exact) mass is 272 g/mol. The van der Waals surface area contributed by atoms with Crippen LogP contribution in [-0.4, -0.2) is 62.2 Å². The van der Waals surface area contributed by atoms with Crippen molar-refractivity contribution in [1.82, 2.24) is 10.6 Å². The topological polar surface area (TPSA) is 79.8 Å². The lowest BCUT2D eigenvalue weighted by Crippen LogP contribution is -2.49. The Morgan fingerprint density at radius 2 is 2.26 bits per heavy atom. The molecule has 6 heteroatoms. The Morgan fingerprint density at radius 1 is 1.42 bits per heavy atom. The summed E-state index contributed by atoms with van der Waals surface area (Å²) in [5, 5.41) is 16.3. The Hall–Kier alpha value is -0.690. The number of amides is 1. The zero-order valence-electron chi connectivity index (χ0n) is 11.5. The van der Waals surface area contributed by atoms with Gasteiger partial charge >= 0.3 is 0 Å². The molecule has 2 saturated heterocycles. The van der Waals surface area contributed by atoms with Crippen LogP contribution in [0.3, 0.4) is 0 Å². The number of carbonyl (C=O) groups excluding carboxylic acids is 1. The van der Waals surface area contributed by atoms with Crippen LogP contribution in [0.4, 0.5) is 0 Å². The molecule has 0 aromatic carbocycles. The molecule has 0 spiro atoms. The molecule has 2 rings (SSSR count). The second-order valence-corrected chi connectivity index (χ2v) is 5.45. The lowest BCUT2D eigenvalue weighted by atomic mass is 10.0. The smallest absolute Gasteiger partial charge is 0.227 e. The van der Waals surface area contributed by atoms with Crippen LogP contribution in [0.2, 0.25) is 0 Å². The number of ether oxygens (including phenoxy) is 2. The predicted octanol–water partition coefficient (Wildman–Crippen LogP) is -0.731. The molecule has 0 aromatic rings.